The zero-order valence-corrected chi connectivity index (χ0v) is 17.8. The molecule has 4 nitrogen and oxygen atoms in total. The van der Waals surface area contributed by atoms with Crippen molar-refractivity contribution in [3.8, 4) is 0 Å². The van der Waals surface area contributed by atoms with Gasteiger partial charge in [-0.05, 0) is 55.7 Å². The fraction of sp³-hybridized carbons (Fsp3) is 0.652. The Kier molecular flexibility index (Phi) is 5.43. The molecule has 0 spiro atoms. The smallest absolute Gasteiger partial charge is 0.228 e. The number of amides is 2. The average molecular weight is 403 g/mol. The van der Waals surface area contributed by atoms with Crippen LogP contribution in [0.1, 0.15) is 57.4 Å². The Bertz CT molecular complexity index is 735. The zero-order valence-electron chi connectivity index (χ0n) is 17.0. The Morgan fingerprint density at radius 1 is 1.00 bits per heavy atom. The van der Waals surface area contributed by atoms with E-state index in [-0.39, 0.29) is 17.2 Å². The number of hydrogen-bond donors (Lipinski definition) is 0. The molecule has 0 aromatic heterocycles. The lowest BCUT2D eigenvalue weighted by atomic mass is 9.81. The van der Waals surface area contributed by atoms with Crippen molar-refractivity contribution in [1.82, 2.24) is 9.80 Å². The first-order valence-corrected chi connectivity index (χ1v) is 11.1. The van der Waals surface area contributed by atoms with Crippen LogP contribution < -0.4 is 0 Å². The van der Waals surface area contributed by atoms with Gasteiger partial charge in [-0.25, -0.2) is 0 Å². The van der Waals surface area contributed by atoms with Gasteiger partial charge in [0.05, 0.1) is 0 Å². The predicted octanol–water partition coefficient (Wildman–Crippen LogP) is 4.33. The third-order valence-electron chi connectivity index (χ3n) is 7.22. The third-order valence-corrected chi connectivity index (χ3v) is 7.47. The van der Waals surface area contributed by atoms with Gasteiger partial charge in [-0.15, -0.1) is 0 Å². The molecule has 5 heteroatoms. The molecule has 28 heavy (non-hydrogen) atoms. The van der Waals surface area contributed by atoms with Crippen molar-refractivity contribution < 1.29 is 9.59 Å². The highest BCUT2D eigenvalue weighted by Crippen LogP contribution is 2.47. The Hall–Kier alpha value is -1.55. The minimum atomic E-state index is -0.106. The van der Waals surface area contributed by atoms with E-state index in [9.17, 15) is 9.59 Å². The van der Waals surface area contributed by atoms with Crippen molar-refractivity contribution in [2.75, 3.05) is 26.2 Å². The molecule has 4 rings (SSSR count). The summed E-state index contributed by atoms with van der Waals surface area (Å²) in [5.41, 5.74) is 1.17. The standard InChI is InChI=1S/C23H31ClN2O2/c1-16-7-12-26(15-20(16)17-3-5-19(24)6-4-17)21(27)18-8-13-25(14-9-18)22(28)23(2)10-11-23/h3-6,16,18,20H,7-15H2,1-2H3/t16-,20-/m1/s1. The van der Waals surface area contributed by atoms with Gasteiger partial charge in [-0.1, -0.05) is 37.6 Å². The molecule has 2 aliphatic heterocycles. The van der Waals surface area contributed by atoms with Crippen LogP contribution in [0.4, 0.5) is 0 Å². The highest BCUT2D eigenvalue weighted by atomic mass is 35.5. The van der Waals surface area contributed by atoms with Crippen molar-refractivity contribution >= 4 is 23.4 Å². The highest BCUT2D eigenvalue weighted by Gasteiger charge is 2.47. The molecule has 3 aliphatic rings. The molecule has 152 valence electrons. The fourth-order valence-corrected chi connectivity index (χ4v) is 4.91. The molecule has 1 aliphatic carbocycles. The van der Waals surface area contributed by atoms with E-state index < -0.39 is 0 Å². The number of hydrogen-bond acceptors (Lipinski definition) is 2. The molecular formula is C23H31ClN2O2. The molecule has 2 heterocycles. The third kappa shape index (κ3) is 3.94. The Morgan fingerprint density at radius 2 is 1.61 bits per heavy atom. The second kappa shape index (κ2) is 7.70. The maximum Gasteiger partial charge on any atom is 0.228 e. The second-order valence-corrected chi connectivity index (χ2v) is 9.77. The summed E-state index contributed by atoms with van der Waals surface area (Å²) in [6, 6.07) is 8.08. The van der Waals surface area contributed by atoms with E-state index in [2.05, 4.69) is 30.9 Å². The molecule has 2 amide bonds. The molecule has 2 atom stereocenters. The lowest BCUT2D eigenvalue weighted by Crippen LogP contribution is -2.49. The van der Waals surface area contributed by atoms with Gasteiger partial charge in [0.25, 0.3) is 0 Å². The van der Waals surface area contributed by atoms with Crippen LogP contribution in [0.5, 0.6) is 0 Å². The minimum absolute atomic E-state index is 0.0651. The second-order valence-electron chi connectivity index (χ2n) is 9.34. The maximum atomic E-state index is 13.2. The van der Waals surface area contributed by atoms with Gasteiger partial charge in [-0.3, -0.25) is 9.59 Å². The van der Waals surface area contributed by atoms with Crippen molar-refractivity contribution in [3.05, 3.63) is 34.9 Å². The summed E-state index contributed by atoms with van der Waals surface area (Å²) in [7, 11) is 0. The number of benzene rings is 1. The highest BCUT2D eigenvalue weighted by molar-refractivity contribution is 6.30. The molecular weight excluding hydrogens is 372 g/mol. The van der Waals surface area contributed by atoms with Crippen LogP contribution in [0.2, 0.25) is 5.02 Å². The fourth-order valence-electron chi connectivity index (χ4n) is 4.78. The van der Waals surface area contributed by atoms with Gasteiger partial charge < -0.3 is 9.80 Å². The lowest BCUT2D eigenvalue weighted by molar-refractivity contribution is -0.144. The normalized spacial score (nSPS) is 27.5. The number of likely N-dealkylation sites (tertiary alicyclic amines) is 2. The van der Waals surface area contributed by atoms with E-state index in [0.717, 1.165) is 63.3 Å². The Morgan fingerprint density at radius 3 is 2.21 bits per heavy atom. The first-order valence-electron chi connectivity index (χ1n) is 10.7. The summed E-state index contributed by atoms with van der Waals surface area (Å²) in [6.07, 6.45) is 4.68. The summed E-state index contributed by atoms with van der Waals surface area (Å²) < 4.78 is 0. The SMILES string of the molecule is C[C@@H]1CCN(C(=O)C2CCN(C(=O)C3(C)CC3)CC2)C[C@H]1c1ccc(Cl)cc1. The number of halogens is 1. The largest absolute Gasteiger partial charge is 0.342 e. The number of piperidine rings is 2. The topological polar surface area (TPSA) is 40.6 Å². The van der Waals surface area contributed by atoms with Crippen LogP contribution in [0.15, 0.2) is 24.3 Å². The van der Waals surface area contributed by atoms with E-state index >= 15 is 0 Å². The predicted molar refractivity (Wildman–Crippen MR) is 111 cm³/mol. The van der Waals surface area contributed by atoms with Crippen molar-refractivity contribution in [2.24, 2.45) is 17.3 Å². The summed E-state index contributed by atoms with van der Waals surface area (Å²) in [6.45, 7) is 7.45. The average Bonchev–Trinajstić information content (AvgIpc) is 3.47. The van der Waals surface area contributed by atoms with Gasteiger partial charge in [0, 0.05) is 48.5 Å². The van der Waals surface area contributed by atoms with E-state index in [1.807, 2.05) is 17.0 Å². The van der Waals surface area contributed by atoms with Gasteiger partial charge in [-0.2, -0.15) is 0 Å². The summed E-state index contributed by atoms with van der Waals surface area (Å²) >= 11 is 6.04. The van der Waals surface area contributed by atoms with Crippen molar-refractivity contribution in [3.63, 3.8) is 0 Å². The molecule has 1 aromatic rings. The van der Waals surface area contributed by atoms with Crippen LogP contribution >= 0.6 is 11.6 Å². The molecule has 1 saturated carbocycles. The molecule has 0 N–H and O–H groups in total. The molecule has 2 saturated heterocycles. The molecule has 0 radical (unpaired) electrons. The van der Waals surface area contributed by atoms with Gasteiger partial charge in [0.2, 0.25) is 11.8 Å². The van der Waals surface area contributed by atoms with Crippen LogP contribution in [-0.2, 0) is 9.59 Å². The molecule has 0 unspecified atom stereocenters. The summed E-state index contributed by atoms with van der Waals surface area (Å²) in [5, 5.41) is 0.751. The van der Waals surface area contributed by atoms with Crippen LogP contribution in [-0.4, -0.2) is 47.8 Å². The lowest BCUT2D eigenvalue weighted by Gasteiger charge is -2.40. The zero-order chi connectivity index (χ0) is 19.9. The number of nitrogens with zero attached hydrogens (tertiary/aromatic N) is 2. The van der Waals surface area contributed by atoms with E-state index in [1.165, 1.54) is 5.56 Å². The number of carbonyl (C=O) groups is 2. The summed E-state index contributed by atoms with van der Waals surface area (Å²) in [5.74, 6) is 1.58. The molecule has 0 bridgehead atoms. The molecule has 3 fully saturated rings. The maximum absolute atomic E-state index is 13.2. The minimum Gasteiger partial charge on any atom is -0.342 e. The van der Waals surface area contributed by atoms with Crippen molar-refractivity contribution in [2.45, 2.75) is 51.9 Å². The van der Waals surface area contributed by atoms with Gasteiger partial charge >= 0.3 is 0 Å². The van der Waals surface area contributed by atoms with E-state index in [1.54, 1.807) is 0 Å². The molecule has 1 aromatic carbocycles. The van der Waals surface area contributed by atoms with Crippen molar-refractivity contribution in [1.29, 1.82) is 0 Å². The van der Waals surface area contributed by atoms with Gasteiger partial charge in [0.15, 0.2) is 0 Å². The van der Waals surface area contributed by atoms with E-state index in [4.69, 9.17) is 11.6 Å². The van der Waals surface area contributed by atoms with Crippen LogP contribution in [0.3, 0.4) is 0 Å². The number of carbonyl (C=O) groups excluding carboxylic acids is 2. The quantitative estimate of drug-likeness (QED) is 0.754. The van der Waals surface area contributed by atoms with Crippen LogP contribution in [0, 0.1) is 17.3 Å². The van der Waals surface area contributed by atoms with Gasteiger partial charge in [0.1, 0.15) is 0 Å². The first kappa shape index (κ1) is 19.8. The summed E-state index contributed by atoms with van der Waals surface area (Å²) in [4.78, 5) is 29.8. The van der Waals surface area contributed by atoms with E-state index in [0.29, 0.717) is 17.7 Å². The Labute approximate surface area is 173 Å². The Balaban J connectivity index is 1.35. The number of rotatable bonds is 3. The monoisotopic (exact) mass is 402 g/mol. The first-order chi connectivity index (χ1) is 13.4. The van der Waals surface area contributed by atoms with Crippen LogP contribution in [0.25, 0.3) is 0 Å².